The molecular weight excluding hydrogens is 234 g/mol. The standard InChI is InChI=1S/C17H35NO/c1-4-6-7-8-9-10-11-13-15-14-17(19)16(12-5-2)18(15)3/h15-17,19H,4-14H2,1-3H3/t15-,16+,17+/m1/s1. The van der Waals surface area contributed by atoms with Crippen LogP contribution in [0.3, 0.4) is 0 Å². The van der Waals surface area contributed by atoms with Crippen LogP contribution in [0.1, 0.15) is 84.5 Å². The largest absolute Gasteiger partial charge is 0.391 e. The van der Waals surface area contributed by atoms with E-state index in [0.717, 1.165) is 12.8 Å². The lowest BCUT2D eigenvalue weighted by Crippen LogP contribution is -2.35. The van der Waals surface area contributed by atoms with Crippen molar-refractivity contribution in [3.63, 3.8) is 0 Å². The molecule has 3 atom stereocenters. The van der Waals surface area contributed by atoms with Crippen molar-refractivity contribution in [1.29, 1.82) is 0 Å². The molecule has 0 saturated carbocycles. The first kappa shape index (κ1) is 17.0. The molecule has 1 saturated heterocycles. The Hall–Kier alpha value is -0.0800. The van der Waals surface area contributed by atoms with Crippen LogP contribution < -0.4 is 0 Å². The number of aliphatic hydroxyl groups excluding tert-OH is 1. The van der Waals surface area contributed by atoms with Crippen LogP contribution in [0.15, 0.2) is 0 Å². The highest BCUT2D eigenvalue weighted by molar-refractivity contribution is 4.91. The number of hydrogen-bond acceptors (Lipinski definition) is 2. The third kappa shape index (κ3) is 5.83. The Balaban J connectivity index is 2.09. The first-order valence-electron chi connectivity index (χ1n) is 8.60. The van der Waals surface area contributed by atoms with Gasteiger partial charge in [0.15, 0.2) is 0 Å². The Bertz CT molecular complexity index is 219. The Labute approximate surface area is 120 Å². The Morgan fingerprint density at radius 2 is 1.53 bits per heavy atom. The summed E-state index contributed by atoms with van der Waals surface area (Å²) >= 11 is 0. The summed E-state index contributed by atoms with van der Waals surface area (Å²) in [7, 11) is 2.21. The van der Waals surface area contributed by atoms with Crippen LogP contribution in [0.25, 0.3) is 0 Å². The molecule has 0 aromatic heterocycles. The minimum Gasteiger partial charge on any atom is -0.391 e. The summed E-state index contributed by atoms with van der Waals surface area (Å²) in [5.74, 6) is 0. The molecule has 0 bridgehead atoms. The molecule has 1 heterocycles. The average molecular weight is 269 g/mol. The summed E-state index contributed by atoms with van der Waals surface area (Å²) < 4.78 is 0. The van der Waals surface area contributed by atoms with E-state index in [2.05, 4.69) is 25.8 Å². The van der Waals surface area contributed by atoms with Gasteiger partial charge in [-0.05, 0) is 26.3 Å². The van der Waals surface area contributed by atoms with E-state index < -0.39 is 0 Å². The van der Waals surface area contributed by atoms with Crippen LogP contribution in [0.2, 0.25) is 0 Å². The molecule has 0 aliphatic carbocycles. The highest BCUT2D eigenvalue weighted by Crippen LogP contribution is 2.29. The van der Waals surface area contributed by atoms with Gasteiger partial charge in [-0.15, -0.1) is 0 Å². The van der Waals surface area contributed by atoms with Crippen LogP contribution in [-0.2, 0) is 0 Å². The van der Waals surface area contributed by atoms with Gasteiger partial charge in [0, 0.05) is 12.1 Å². The molecule has 0 amide bonds. The van der Waals surface area contributed by atoms with Crippen LogP contribution in [0.4, 0.5) is 0 Å². The van der Waals surface area contributed by atoms with Crippen molar-refractivity contribution in [3.8, 4) is 0 Å². The molecule has 1 N–H and O–H groups in total. The van der Waals surface area contributed by atoms with Gasteiger partial charge < -0.3 is 5.11 Å². The summed E-state index contributed by atoms with van der Waals surface area (Å²) in [6.07, 6.45) is 14.2. The van der Waals surface area contributed by atoms with Gasteiger partial charge in [0.25, 0.3) is 0 Å². The highest BCUT2D eigenvalue weighted by atomic mass is 16.3. The maximum absolute atomic E-state index is 10.1. The normalized spacial score (nSPS) is 28.1. The molecule has 0 aromatic carbocycles. The molecule has 0 radical (unpaired) electrons. The summed E-state index contributed by atoms with van der Waals surface area (Å²) in [6, 6.07) is 1.04. The molecule has 2 heteroatoms. The number of hydrogen-bond donors (Lipinski definition) is 1. The van der Waals surface area contributed by atoms with Crippen molar-refractivity contribution in [3.05, 3.63) is 0 Å². The van der Waals surface area contributed by atoms with Crippen molar-refractivity contribution >= 4 is 0 Å². The van der Waals surface area contributed by atoms with E-state index in [1.807, 2.05) is 0 Å². The van der Waals surface area contributed by atoms with Crippen molar-refractivity contribution in [2.75, 3.05) is 7.05 Å². The lowest BCUT2D eigenvalue weighted by molar-refractivity contribution is 0.117. The van der Waals surface area contributed by atoms with Crippen molar-refractivity contribution in [2.45, 2.75) is 103 Å². The smallest absolute Gasteiger partial charge is 0.0710 e. The summed E-state index contributed by atoms with van der Waals surface area (Å²) in [4.78, 5) is 2.45. The molecule has 0 unspecified atom stereocenters. The van der Waals surface area contributed by atoms with Crippen LogP contribution in [-0.4, -0.2) is 35.2 Å². The number of unbranched alkanes of at least 4 members (excludes halogenated alkanes) is 6. The predicted molar refractivity (Wildman–Crippen MR) is 83.5 cm³/mol. The predicted octanol–water partition coefficient (Wildman–Crippen LogP) is 4.36. The topological polar surface area (TPSA) is 23.5 Å². The van der Waals surface area contributed by atoms with E-state index in [0.29, 0.717) is 12.1 Å². The zero-order chi connectivity index (χ0) is 14.1. The fourth-order valence-corrected chi connectivity index (χ4v) is 3.49. The van der Waals surface area contributed by atoms with E-state index in [9.17, 15) is 5.11 Å². The van der Waals surface area contributed by atoms with Gasteiger partial charge in [0.1, 0.15) is 0 Å². The zero-order valence-electron chi connectivity index (χ0n) is 13.4. The first-order valence-corrected chi connectivity index (χ1v) is 8.60. The van der Waals surface area contributed by atoms with E-state index >= 15 is 0 Å². The summed E-state index contributed by atoms with van der Waals surface area (Å²) in [5.41, 5.74) is 0. The van der Waals surface area contributed by atoms with Crippen molar-refractivity contribution in [1.82, 2.24) is 4.90 Å². The van der Waals surface area contributed by atoms with E-state index in [1.165, 1.54) is 57.8 Å². The molecule has 114 valence electrons. The van der Waals surface area contributed by atoms with Gasteiger partial charge in [0.2, 0.25) is 0 Å². The van der Waals surface area contributed by atoms with E-state index in [1.54, 1.807) is 0 Å². The second-order valence-corrected chi connectivity index (χ2v) is 6.39. The number of likely N-dealkylation sites (tertiary alicyclic amines) is 1. The Kier molecular flexibility index (Phi) is 8.72. The van der Waals surface area contributed by atoms with Gasteiger partial charge in [0.05, 0.1) is 6.10 Å². The van der Waals surface area contributed by atoms with Gasteiger partial charge in [-0.3, -0.25) is 4.90 Å². The maximum Gasteiger partial charge on any atom is 0.0710 e. The fraction of sp³-hybridized carbons (Fsp3) is 1.00. The van der Waals surface area contributed by atoms with Crippen LogP contribution in [0, 0.1) is 0 Å². The van der Waals surface area contributed by atoms with Crippen LogP contribution in [0.5, 0.6) is 0 Å². The van der Waals surface area contributed by atoms with Gasteiger partial charge in [-0.25, -0.2) is 0 Å². The molecule has 1 aliphatic rings. The second-order valence-electron chi connectivity index (χ2n) is 6.39. The lowest BCUT2D eigenvalue weighted by Gasteiger charge is -2.26. The van der Waals surface area contributed by atoms with Crippen LogP contribution >= 0.6 is 0 Å². The molecule has 1 rings (SSSR count). The SMILES string of the molecule is CCCCCCCCC[C@@H]1C[C@H](O)[C@H](CCC)N1C. The molecule has 1 aliphatic heterocycles. The van der Waals surface area contributed by atoms with Gasteiger partial charge in [-0.2, -0.15) is 0 Å². The number of likely N-dealkylation sites (N-methyl/N-ethyl adjacent to an activating group) is 1. The third-order valence-electron chi connectivity index (χ3n) is 4.78. The minimum absolute atomic E-state index is 0.0838. The molecule has 19 heavy (non-hydrogen) atoms. The van der Waals surface area contributed by atoms with Gasteiger partial charge in [-0.1, -0.05) is 65.2 Å². The molecule has 0 aromatic rings. The molecule has 0 spiro atoms. The number of rotatable bonds is 10. The first-order chi connectivity index (χ1) is 9.20. The average Bonchev–Trinajstić information content (AvgIpc) is 2.66. The van der Waals surface area contributed by atoms with Crippen molar-refractivity contribution in [2.24, 2.45) is 0 Å². The monoisotopic (exact) mass is 269 g/mol. The fourth-order valence-electron chi connectivity index (χ4n) is 3.49. The number of aliphatic hydroxyl groups is 1. The zero-order valence-corrected chi connectivity index (χ0v) is 13.4. The lowest BCUT2D eigenvalue weighted by atomic mass is 10.0. The molecule has 1 fully saturated rings. The quantitative estimate of drug-likeness (QED) is 0.596. The Morgan fingerprint density at radius 3 is 2.16 bits per heavy atom. The van der Waals surface area contributed by atoms with E-state index in [4.69, 9.17) is 0 Å². The summed E-state index contributed by atoms with van der Waals surface area (Å²) in [5, 5.41) is 10.1. The second kappa shape index (κ2) is 9.77. The van der Waals surface area contributed by atoms with Gasteiger partial charge >= 0.3 is 0 Å². The van der Waals surface area contributed by atoms with Crippen molar-refractivity contribution < 1.29 is 5.11 Å². The maximum atomic E-state index is 10.1. The molecule has 2 nitrogen and oxygen atoms in total. The third-order valence-corrected chi connectivity index (χ3v) is 4.78. The van der Waals surface area contributed by atoms with E-state index in [-0.39, 0.29) is 6.10 Å². The highest BCUT2D eigenvalue weighted by Gasteiger charge is 2.36. The minimum atomic E-state index is -0.0838. The summed E-state index contributed by atoms with van der Waals surface area (Å²) in [6.45, 7) is 4.48. The number of nitrogens with zero attached hydrogens (tertiary/aromatic N) is 1. The Morgan fingerprint density at radius 1 is 0.895 bits per heavy atom. The molecular formula is C17H35NO.